The quantitative estimate of drug-likeness (QED) is 0.718. The van der Waals surface area contributed by atoms with E-state index in [2.05, 4.69) is 5.32 Å². The minimum absolute atomic E-state index is 0.102. The minimum atomic E-state index is -1.16. The van der Waals surface area contributed by atoms with Crippen molar-refractivity contribution in [3.8, 4) is 0 Å². The van der Waals surface area contributed by atoms with Gasteiger partial charge in [0.1, 0.15) is 6.17 Å². The second-order valence-corrected chi connectivity index (χ2v) is 6.39. The molecule has 2 fully saturated rings. The van der Waals surface area contributed by atoms with Gasteiger partial charge >= 0.3 is 5.97 Å². The minimum Gasteiger partial charge on any atom is -0.480 e. The van der Waals surface area contributed by atoms with E-state index in [0.29, 0.717) is 6.42 Å². The van der Waals surface area contributed by atoms with Crippen molar-refractivity contribution >= 4 is 29.5 Å². The molecule has 100 valence electrons. The van der Waals surface area contributed by atoms with Gasteiger partial charge in [0, 0.05) is 6.92 Å². The summed E-state index contributed by atoms with van der Waals surface area (Å²) < 4.78 is -1.16. The Balaban J connectivity index is 2.41. The molecule has 2 heterocycles. The normalized spacial score (nSPS) is 34.2. The third-order valence-electron chi connectivity index (χ3n) is 3.49. The Bertz CT molecular complexity index is 425. The van der Waals surface area contributed by atoms with Crippen LogP contribution in [0, 0.1) is 5.92 Å². The van der Waals surface area contributed by atoms with Gasteiger partial charge in [-0.1, -0.05) is 13.8 Å². The molecule has 2 rings (SSSR count). The highest BCUT2D eigenvalue weighted by Gasteiger charge is 2.65. The molecule has 0 bridgehead atoms. The second kappa shape index (κ2) is 4.15. The van der Waals surface area contributed by atoms with Crippen molar-refractivity contribution in [2.45, 2.75) is 43.5 Å². The lowest BCUT2D eigenvalue weighted by molar-refractivity contribution is -0.151. The zero-order valence-corrected chi connectivity index (χ0v) is 11.3. The molecule has 2 amide bonds. The summed E-state index contributed by atoms with van der Waals surface area (Å²) in [5.41, 5.74) is 0. The van der Waals surface area contributed by atoms with Crippen molar-refractivity contribution in [2.24, 2.45) is 5.92 Å². The monoisotopic (exact) mass is 272 g/mol. The predicted octanol–water partition coefficient (Wildman–Crippen LogP) is 0.233. The number of carboxylic acid groups (broad SMARTS) is 1. The number of nitrogens with one attached hydrogen (secondary N) is 1. The summed E-state index contributed by atoms with van der Waals surface area (Å²) in [5.74, 6) is -1.61. The van der Waals surface area contributed by atoms with Crippen LogP contribution in [0.2, 0.25) is 0 Å². The van der Waals surface area contributed by atoms with Gasteiger partial charge in [0.2, 0.25) is 11.8 Å². The van der Waals surface area contributed by atoms with Crippen LogP contribution in [0.1, 0.15) is 27.2 Å². The van der Waals surface area contributed by atoms with E-state index in [0.717, 1.165) is 0 Å². The number of carboxylic acids is 1. The lowest BCUT2D eigenvalue weighted by Crippen LogP contribution is -2.64. The number of aliphatic carboxylic acids is 1. The van der Waals surface area contributed by atoms with Gasteiger partial charge in [-0.2, -0.15) is 0 Å². The molecule has 0 aromatic heterocycles. The average molecular weight is 272 g/mol. The molecule has 0 radical (unpaired) electrons. The van der Waals surface area contributed by atoms with Crippen molar-refractivity contribution in [1.29, 1.82) is 0 Å². The third kappa shape index (κ3) is 1.60. The summed E-state index contributed by atoms with van der Waals surface area (Å²) in [6, 6.07) is 0. The van der Waals surface area contributed by atoms with Crippen LogP contribution < -0.4 is 5.32 Å². The molecule has 2 aliphatic rings. The van der Waals surface area contributed by atoms with Gasteiger partial charge in [0.05, 0.1) is 11.8 Å². The number of β-lactam (4-membered cyclic amide) rings is 1. The van der Waals surface area contributed by atoms with Gasteiger partial charge in [-0.15, -0.1) is 11.8 Å². The van der Waals surface area contributed by atoms with Crippen molar-refractivity contribution < 1.29 is 19.5 Å². The lowest BCUT2D eigenvalue weighted by Gasteiger charge is -2.40. The van der Waals surface area contributed by atoms with Gasteiger partial charge in [0.15, 0.2) is 4.75 Å². The smallest absolute Gasteiger partial charge is 0.324 e. The molecule has 0 spiro atoms. The number of fused-ring (bicyclic) bond motifs is 1. The van der Waals surface area contributed by atoms with Crippen LogP contribution in [0.3, 0.4) is 0 Å². The highest BCUT2D eigenvalue weighted by molar-refractivity contribution is 8.02. The molecule has 0 aliphatic carbocycles. The van der Waals surface area contributed by atoms with E-state index < -0.39 is 16.9 Å². The Morgan fingerprint density at radius 1 is 1.56 bits per heavy atom. The van der Waals surface area contributed by atoms with E-state index in [-0.39, 0.29) is 23.1 Å². The molecule has 0 aromatic carbocycles. The number of carbonyl (C=O) groups is 3. The second-order valence-electron chi connectivity index (χ2n) is 4.93. The Morgan fingerprint density at radius 3 is 2.56 bits per heavy atom. The summed E-state index contributed by atoms with van der Waals surface area (Å²) in [7, 11) is 0. The highest BCUT2D eigenvalue weighted by Crippen LogP contribution is 2.53. The molecule has 2 unspecified atom stereocenters. The van der Waals surface area contributed by atoms with Crippen molar-refractivity contribution in [3.63, 3.8) is 0 Å². The molecular weight excluding hydrogens is 256 g/mol. The van der Waals surface area contributed by atoms with E-state index in [9.17, 15) is 19.5 Å². The summed E-state index contributed by atoms with van der Waals surface area (Å²) >= 11 is 1.27. The molecule has 7 heteroatoms. The lowest BCUT2D eigenvalue weighted by atomic mass is 9.89. The zero-order chi connectivity index (χ0) is 13.7. The molecule has 6 nitrogen and oxygen atoms in total. The molecule has 0 aromatic rings. The first-order valence-electron chi connectivity index (χ1n) is 5.80. The van der Waals surface area contributed by atoms with Crippen LogP contribution in [0.4, 0.5) is 0 Å². The van der Waals surface area contributed by atoms with Gasteiger partial charge in [0.25, 0.3) is 0 Å². The number of carbonyl (C=O) groups excluding carboxylic acids is 2. The van der Waals surface area contributed by atoms with Crippen LogP contribution in [0.25, 0.3) is 0 Å². The fraction of sp³-hybridized carbons (Fsp3) is 0.727. The van der Waals surface area contributed by atoms with Crippen LogP contribution in [0.15, 0.2) is 0 Å². The van der Waals surface area contributed by atoms with E-state index in [1.807, 2.05) is 0 Å². The fourth-order valence-corrected chi connectivity index (χ4v) is 4.24. The van der Waals surface area contributed by atoms with Crippen molar-refractivity contribution in [2.75, 3.05) is 0 Å². The molecule has 0 saturated carbocycles. The molecule has 2 N–H and O–H groups in total. The Labute approximate surface area is 109 Å². The highest BCUT2D eigenvalue weighted by atomic mass is 32.2. The summed E-state index contributed by atoms with van der Waals surface area (Å²) in [4.78, 5) is 36.0. The van der Waals surface area contributed by atoms with Crippen molar-refractivity contribution in [1.82, 2.24) is 10.2 Å². The molecule has 2 aliphatic heterocycles. The molecule has 3 atom stereocenters. The van der Waals surface area contributed by atoms with Gasteiger partial charge in [-0.05, 0) is 5.92 Å². The zero-order valence-electron chi connectivity index (χ0n) is 10.5. The van der Waals surface area contributed by atoms with E-state index in [1.54, 1.807) is 13.8 Å². The Kier molecular flexibility index (Phi) is 3.04. The van der Waals surface area contributed by atoms with Crippen LogP contribution in [-0.4, -0.2) is 44.1 Å². The molecule has 18 heavy (non-hydrogen) atoms. The summed E-state index contributed by atoms with van der Waals surface area (Å²) in [6.45, 7) is 4.92. The topological polar surface area (TPSA) is 86.7 Å². The van der Waals surface area contributed by atoms with E-state index in [4.69, 9.17) is 0 Å². The van der Waals surface area contributed by atoms with Gasteiger partial charge in [-0.25, -0.2) is 0 Å². The number of thioether (sulfide) groups is 1. The maximum atomic E-state index is 11.7. The first kappa shape index (κ1) is 13.2. The third-order valence-corrected chi connectivity index (χ3v) is 5.42. The van der Waals surface area contributed by atoms with Gasteiger partial charge < -0.3 is 15.3 Å². The van der Waals surface area contributed by atoms with Crippen LogP contribution >= 0.6 is 11.8 Å². The Morgan fingerprint density at radius 2 is 2.17 bits per heavy atom. The first-order valence-corrected chi connectivity index (χ1v) is 6.68. The van der Waals surface area contributed by atoms with Gasteiger partial charge in [-0.3, -0.25) is 14.4 Å². The van der Waals surface area contributed by atoms with Crippen LogP contribution in [-0.2, 0) is 14.4 Å². The molecular formula is C11H16N2O4S. The summed E-state index contributed by atoms with van der Waals surface area (Å²) in [6.07, 6.45) is -0.411. The largest absolute Gasteiger partial charge is 0.480 e. The van der Waals surface area contributed by atoms with E-state index in [1.165, 1.54) is 23.6 Å². The predicted molar refractivity (Wildman–Crippen MR) is 65.7 cm³/mol. The van der Waals surface area contributed by atoms with Crippen LogP contribution in [0.5, 0.6) is 0 Å². The number of nitrogens with zero attached hydrogens (tertiary/aromatic N) is 1. The molecule has 2 saturated heterocycles. The first-order chi connectivity index (χ1) is 8.30. The van der Waals surface area contributed by atoms with Crippen molar-refractivity contribution in [3.05, 3.63) is 0 Å². The summed E-state index contributed by atoms with van der Waals surface area (Å²) in [5, 5.41) is 12.0. The average Bonchev–Trinajstić information content (AvgIpc) is 2.46. The SMILES string of the molecule is CC(=O)NC1N2C(=O)C[C@H]2SC1(C(=O)O)C(C)C. The number of rotatable bonds is 3. The number of amides is 2. The fourth-order valence-electron chi connectivity index (χ4n) is 2.54. The Hall–Kier alpha value is -1.24. The standard InChI is InChI=1S/C11H16N2O4S/c1-5(2)11(10(16)17)9(12-6(3)14)13-7(15)4-8(13)18-11/h5,8-9H,4H2,1-3H3,(H,12,14)(H,16,17)/t8-,9?,11?/m1/s1. The van der Waals surface area contributed by atoms with E-state index >= 15 is 0 Å². The maximum Gasteiger partial charge on any atom is 0.324 e. The number of hydrogen-bond donors (Lipinski definition) is 2. The maximum absolute atomic E-state index is 11.7. The number of hydrogen-bond acceptors (Lipinski definition) is 4.